The summed E-state index contributed by atoms with van der Waals surface area (Å²) in [5.74, 6) is -0.530. The van der Waals surface area contributed by atoms with Gasteiger partial charge in [0.25, 0.3) is 0 Å². The maximum Gasteiger partial charge on any atom is 0.314 e. The molecule has 0 N–H and O–H groups in total. The highest BCUT2D eigenvalue weighted by molar-refractivity contribution is 5.76. The van der Waals surface area contributed by atoms with Crippen molar-refractivity contribution in [3.8, 4) is 0 Å². The Labute approximate surface area is 84.1 Å². The van der Waals surface area contributed by atoms with Crippen LogP contribution in [0.15, 0.2) is 18.2 Å². The molecule has 1 atom stereocenters. The number of hydrogen-bond acceptors (Lipinski definition) is 3. The Balaban J connectivity index is 2.89. The second-order valence-corrected chi connectivity index (χ2v) is 3.15. The van der Waals surface area contributed by atoms with Crippen LogP contribution in [-0.2, 0) is 16.0 Å². The second-order valence-electron chi connectivity index (χ2n) is 3.15. The van der Waals surface area contributed by atoms with Crippen LogP contribution in [0.25, 0.3) is 0 Å². The summed E-state index contributed by atoms with van der Waals surface area (Å²) in [5, 5.41) is 0. The summed E-state index contributed by atoms with van der Waals surface area (Å²) in [7, 11) is 1.39. The zero-order valence-corrected chi connectivity index (χ0v) is 8.78. The first kappa shape index (κ1) is 10.7. The van der Waals surface area contributed by atoms with Gasteiger partial charge in [-0.15, -0.1) is 0 Å². The highest BCUT2D eigenvalue weighted by atomic mass is 16.5. The lowest BCUT2D eigenvalue weighted by Crippen LogP contribution is -2.12. The highest BCUT2D eigenvalue weighted by Gasteiger charge is 2.16. The Morgan fingerprint density at radius 2 is 2.29 bits per heavy atom. The Hall–Kier alpha value is -1.38. The third-order valence-corrected chi connectivity index (χ3v) is 2.19. The van der Waals surface area contributed by atoms with Crippen LogP contribution < -0.4 is 0 Å². The maximum atomic E-state index is 11.2. The van der Waals surface area contributed by atoms with Crippen molar-refractivity contribution in [1.82, 2.24) is 4.98 Å². The third kappa shape index (κ3) is 2.31. The smallest absolute Gasteiger partial charge is 0.314 e. The predicted molar refractivity (Wildman–Crippen MR) is 54.0 cm³/mol. The number of aromatic nitrogens is 1. The molecule has 3 nitrogen and oxygen atoms in total. The molecule has 1 aromatic rings. The zero-order valence-electron chi connectivity index (χ0n) is 8.78. The van der Waals surface area contributed by atoms with Crippen molar-refractivity contribution < 1.29 is 9.53 Å². The monoisotopic (exact) mass is 193 g/mol. The molecule has 0 aliphatic rings. The van der Waals surface area contributed by atoms with Gasteiger partial charge in [-0.2, -0.15) is 0 Å². The first-order valence-electron chi connectivity index (χ1n) is 4.72. The van der Waals surface area contributed by atoms with Crippen molar-refractivity contribution in [3.63, 3.8) is 0 Å². The van der Waals surface area contributed by atoms with Crippen LogP contribution in [0.4, 0.5) is 0 Å². The van der Waals surface area contributed by atoms with Crippen molar-refractivity contribution in [2.75, 3.05) is 7.11 Å². The third-order valence-electron chi connectivity index (χ3n) is 2.19. The summed E-state index contributed by atoms with van der Waals surface area (Å²) in [4.78, 5) is 15.6. The van der Waals surface area contributed by atoms with Gasteiger partial charge in [0.1, 0.15) is 0 Å². The minimum atomic E-state index is -0.286. The molecule has 3 heteroatoms. The Bertz CT molecular complexity index is 323. The molecule has 1 rings (SSSR count). The van der Waals surface area contributed by atoms with E-state index < -0.39 is 0 Å². The molecule has 0 bridgehead atoms. The van der Waals surface area contributed by atoms with Crippen molar-refractivity contribution in [2.45, 2.75) is 26.2 Å². The number of ether oxygens (including phenoxy) is 1. The van der Waals surface area contributed by atoms with Crippen LogP contribution in [0.1, 0.15) is 31.2 Å². The van der Waals surface area contributed by atoms with E-state index in [1.54, 1.807) is 6.92 Å². The lowest BCUT2D eigenvalue weighted by Gasteiger charge is -2.09. The van der Waals surface area contributed by atoms with E-state index in [1.807, 2.05) is 25.1 Å². The molecule has 76 valence electrons. The summed E-state index contributed by atoms with van der Waals surface area (Å²) in [6, 6.07) is 5.72. The van der Waals surface area contributed by atoms with Crippen LogP contribution in [0.2, 0.25) is 0 Å². The number of carbonyl (C=O) groups is 1. The normalized spacial score (nSPS) is 12.2. The highest BCUT2D eigenvalue weighted by Crippen LogP contribution is 2.14. The van der Waals surface area contributed by atoms with E-state index in [0.29, 0.717) is 0 Å². The van der Waals surface area contributed by atoms with Crippen LogP contribution in [0.3, 0.4) is 0 Å². The van der Waals surface area contributed by atoms with E-state index in [4.69, 9.17) is 0 Å². The number of rotatable bonds is 3. The lowest BCUT2D eigenvalue weighted by atomic mass is 10.1. The van der Waals surface area contributed by atoms with Crippen LogP contribution in [0.5, 0.6) is 0 Å². The summed E-state index contributed by atoms with van der Waals surface area (Å²) >= 11 is 0. The van der Waals surface area contributed by atoms with Crippen molar-refractivity contribution in [1.29, 1.82) is 0 Å². The van der Waals surface area contributed by atoms with Crippen LogP contribution in [0, 0.1) is 0 Å². The molecular formula is C11H15NO2. The molecule has 1 heterocycles. The molecular weight excluding hydrogens is 178 g/mol. The maximum absolute atomic E-state index is 11.2. The zero-order chi connectivity index (χ0) is 10.6. The first-order chi connectivity index (χ1) is 6.69. The average molecular weight is 193 g/mol. The number of hydrogen-bond donors (Lipinski definition) is 0. The summed E-state index contributed by atoms with van der Waals surface area (Å²) in [6.45, 7) is 3.84. The van der Waals surface area contributed by atoms with Crippen LogP contribution >= 0.6 is 0 Å². The van der Waals surface area contributed by atoms with E-state index in [1.165, 1.54) is 7.11 Å². The molecule has 14 heavy (non-hydrogen) atoms. The molecule has 0 aliphatic carbocycles. The quantitative estimate of drug-likeness (QED) is 0.688. The fourth-order valence-electron chi connectivity index (χ4n) is 1.23. The van der Waals surface area contributed by atoms with E-state index >= 15 is 0 Å². The molecule has 0 aliphatic heterocycles. The Morgan fingerprint density at radius 3 is 2.86 bits per heavy atom. The number of methoxy groups -OCH3 is 1. The van der Waals surface area contributed by atoms with Gasteiger partial charge in [0.2, 0.25) is 0 Å². The van der Waals surface area contributed by atoms with Gasteiger partial charge in [0.15, 0.2) is 0 Å². The number of pyridine rings is 1. The summed E-state index contributed by atoms with van der Waals surface area (Å²) in [5.41, 5.74) is 1.77. The molecule has 0 radical (unpaired) electrons. The number of nitrogens with zero attached hydrogens (tertiary/aromatic N) is 1. The van der Waals surface area contributed by atoms with Gasteiger partial charge in [0, 0.05) is 5.69 Å². The molecule has 0 amide bonds. The van der Waals surface area contributed by atoms with Gasteiger partial charge < -0.3 is 4.74 Å². The van der Waals surface area contributed by atoms with E-state index in [2.05, 4.69) is 9.72 Å². The van der Waals surface area contributed by atoms with Crippen molar-refractivity contribution >= 4 is 5.97 Å². The topological polar surface area (TPSA) is 39.2 Å². The SMILES string of the molecule is CCc1cccc(C(C)C(=O)OC)n1. The standard InChI is InChI=1S/C11H15NO2/c1-4-9-6-5-7-10(12-9)8(2)11(13)14-3/h5-8H,4H2,1-3H3. The fraction of sp³-hybridized carbons (Fsp3) is 0.455. The first-order valence-corrected chi connectivity index (χ1v) is 4.72. The molecule has 1 unspecified atom stereocenters. The van der Waals surface area contributed by atoms with Crippen molar-refractivity contribution in [2.24, 2.45) is 0 Å². The molecule has 0 spiro atoms. The molecule has 0 fully saturated rings. The van der Waals surface area contributed by atoms with E-state index in [9.17, 15) is 4.79 Å². The summed E-state index contributed by atoms with van der Waals surface area (Å²) < 4.78 is 4.66. The van der Waals surface area contributed by atoms with Gasteiger partial charge in [-0.3, -0.25) is 9.78 Å². The Morgan fingerprint density at radius 1 is 1.57 bits per heavy atom. The van der Waals surface area contributed by atoms with E-state index in [-0.39, 0.29) is 11.9 Å². The van der Waals surface area contributed by atoms with Crippen molar-refractivity contribution in [3.05, 3.63) is 29.6 Å². The Kier molecular flexibility index (Phi) is 3.63. The minimum absolute atomic E-state index is 0.245. The minimum Gasteiger partial charge on any atom is -0.469 e. The summed E-state index contributed by atoms with van der Waals surface area (Å²) in [6.07, 6.45) is 0.877. The van der Waals surface area contributed by atoms with Gasteiger partial charge in [-0.05, 0) is 25.5 Å². The fourth-order valence-corrected chi connectivity index (χ4v) is 1.23. The van der Waals surface area contributed by atoms with Gasteiger partial charge in [0.05, 0.1) is 18.7 Å². The second kappa shape index (κ2) is 4.74. The van der Waals surface area contributed by atoms with Crippen LogP contribution in [-0.4, -0.2) is 18.1 Å². The number of esters is 1. The largest absolute Gasteiger partial charge is 0.469 e. The van der Waals surface area contributed by atoms with Gasteiger partial charge >= 0.3 is 5.97 Å². The van der Waals surface area contributed by atoms with Gasteiger partial charge in [-0.1, -0.05) is 13.0 Å². The molecule has 0 saturated carbocycles. The van der Waals surface area contributed by atoms with Gasteiger partial charge in [-0.25, -0.2) is 0 Å². The number of aryl methyl sites for hydroxylation is 1. The molecule has 0 saturated heterocycles. The molecule has 1 aromatic heterocycles. The average Bonchev–Trinajstić information content (AvgIpc) is 2.27. The lowest BCUT2D eigenvalue weighted by molar-refractivity contribution is -0.142. The predicted octanol–water partition coefficient (Wildman–Crippen LogP) is 1.92. The molecule has 0 aromatic carbocycles. The van der Waals surface area contributed by atoms with E-state index in [0.717, 1.165) is 17.8 Å². The number of carbonyl (C=O) groups excluding carboxylic acids is 1.